The Morgan fingerprint density at radius 3 is 2.96 bits per heavy atom. The standard InChI is InChI=1S/C19H23N3O3/c1-12(2)18-20-17(21-25-18)15-7-5-9-22(15)19(23)14-10-13-6-3-4-8-16(13)24-11-14/h3-4,6,8,12,14-15H,5,7,9-11H2,1-2H3/t14-,15+/m1/s1. The average molecular weight is 341 g/mol. The number of hydrogen-bond acceptors (Lipinski definition) is 5. The van der Waals surface area contributed by atoms with E-state index >= 15 is 0 Å². The summed E-state index contributed by atoms with van der Waals surface area (Å²) in [5.41, 5.74) is 1.10. The second-order valence-electron chi connectivity index (χ2n) is 7.15. The number of hydrogen-bond donors (Lipinski definition) is 0. The molecule has 4 rings (SSSR count). The molecule has 1 amide bonds. The number of likely N-dealkylation sites (tertiary alicyclic amines) is 1. The number of para-hydroxylation sites is 1. The third kappa shape index (κ3) is 3.01. The van der Waals surface area contributed by atoms with E-state index in [2.05, 4.69) is 10.1 Å². The highest BCUT2D eigenvalue weighted by molar-refractivity contribution is 5.80. The summed E-state index contributed by atoms with van der Waals surface area (Å²) in [7, 11) is 0. The van der Waals surface area contributed by atoms with Gasteiger partial charge in [0.25, 0.3) is 0 Å². The van der Waals surface area contributed by atoms with Crippen molar-refractivity contribution in [3.8, 4) is 5.75 Å². The van der Waals surface area contributed by atoms with Crippen LogP contribution < -0.4 is 4.74 Å². The molecule has 6 nitrogen and oxygen atoms in total. The number of aromatic nitrogens is 2. The van der Waals surface area contributed by atoms with Gasteiger partial charge >= 0.3 is 0 Å². The van der Waals surface area contributed by atoms with Crippen LogP contribution in [0.2, 0.25) is 0 Å². The van der Waals surface area contributed by atoms with Gasteiger partial charge in [0.2, 0.25) is 11.8 Å². The van der Waals surface area contributed by atoms with Crippen molar-refractivity contribution in [3.05, 3.63) is 41.5 Å². The number of nitrogens with zero attached hydrogens (tertiary/aromatic N) is 3. The summed E-state index contributed by atoms with van der Waals surface area (Å²) in [6, 6.07) is 7.85. The maximum atomic E-state index is 13.1. The molecule has 1 fully saturated rings. The maximum Gasteiger partial charge on any atom is 0.230 e. The fourth-order valence-electron chi connectivity index (χ4n) is 3.64. The molecule has 1 aromatic carbocycles. The van der Waals surface area contributed by atoms with Crippen LogP contribution in [-0.2, 0) is 11.2 Å². The van der Waals surface area contributed by atoms with Gasteiger partial charge in [-0.3, -0.25) is 4.79 Å². The van der Waals surface area contributed by atoms with Crippen LogP contribution >= 0.6 is 0 Å². The van der Waals surface area contributed by atoms with Gasteiger partial charge in [0.05, 0.1) is 12.0 Å². The van der Waals surface area contributed by atoms with Crippen molar-refractivity contribution in [2.24, 2.45) is 5.92 Å². The summed E-state index contributed by atoms with van der Waals surface area (Å²) < 4.78 is 11.1. The van der Waals surface area contributed by atoms with E-state index in [9.17, 15) is 4.79 Å². The van der Waals surface area contributed by atoms with E-state index in [1.165, 1.54) is 0 Å². The van der Waals surface area contributed by atoms with Gasteiger partial charge in [-0.15, -0.1) is 0 Å². The van der Waals surface area contributed by atoms with Crippen molar-refractivity contribution in [2.45, 2.75) is 45.1 Å². The van der Waals surface area contributed by atoms with E-state index < -0.39 is 0 Å². The van der Waals surface area contributed by atoms with Crippen molar-refractivity contribution < 1.29 is 14.1 Å². The maximum absolute atomic E-state index is 13.1. The van der Waals surface area contributed by atoms with Gasteiger partial charge in [0, 0.05) is 12.5 Å². The molecule has 0 bridgehead atoms. The first-order chi connectivity index (χ1) is 12.1. The monoisotopic (exact) mass is 341 g/mol. The van der Waals surface area contributed by atoms with Gasteiger partial charge in [0.1, 0.15) is 12.4 Å². The Kier molecular flexibility index (Phi) is 4.19. The number of benzene rings is 1. The Morgan fingerprint density at radius 2 is 2.16 bits per heavy atom. The first-order valence-corrected chi connectivity index (χ1v) is 8.98. The van der Waals surface area contributed by atoms with Crippen LogP contribution in [0.4, 0.5) is 0 Å². The molecule has 6 heteroatoms. The molecule has 2 aromatic rings. The number of carbonyl (C=O) groups excluding carboxylic acids is 1. The minimum atomic E-state index is -0.146. The Hall–Kier alpha value is -2.37. The van der Waals surface area contributed by atoms with Gasteiger partial charge in [0.15, 0.2) is 5.82 Å². The van der Waals surface area contributed by atoms with Crippen LogP contribution in [0.25, 0.3) is 0 Å². The Morgan fingerprint density at radius 1 is 1.32 bits per heavy atom. The second kappa shape index (κ2) is 6.50. The lowest BCUT2D eigenvalue weighted by Gasteiger charge is -2.30. The fraction of sp³-hybridized carbons (Fsp3) is 0.526. The molecule has 1 aromatic heterocycles. The number of amides is 1. The van der Waals surface area contributed by atoms with Crippen LogP contribution in [0.15, 0.2) is 28.8 Å². The molecule has 0 unspecified atom stereocenters. The third-order valence-corrected chi connectivity index (χ3v) is 5.01. The Balaban J connectivity index is 1.51. The van der Waals surface area contributed by atoms with E-state index in [-0.39, 0.29) is 23.8 Å². The first kappa shape index (κ1) is 16.1. The van der Waals surface area contributed by atoms with E-state index in [1.807, 2.05) is 43.0 Å². The molecule has 3 heterocycles. The van der Waals surface area contributed by atoms with Gasteiger partial charge < -0.3 is 14.2 Å². The zero-order chi connectivity index (χ0) is 17.4. The first-order valence-electron chi connectivity index (χ1n) is 8.98. The fourth-order valence-corrected chi connectivity index (χ4v) is 3.64. The van der Waals surface area contributed by atoms with Gasteiger partial charge in [-0.1, -0.05) is 37.2 Å². The molecule has 2 aliphatic heterocycles. The number of ether oxygens (including phenoxy) is 1. The summed E-state index contributed by atoms with van der Waals surface area (Å²) in [6.45, 7) is 5.22. The SMILES string of the molecule is CC(C)c1nc([C@@H]2CCCN2C(=O)[C@H]2COc3ccccc3C2)no1. The quantitative estimate of drug-likeness (QED) is 0.858. The molecule has 25 heavy (non-hydrogen) atoms. The van der Waals surface area contributed by atoms with Crippen LogP contribution in [0.5, 0.6) is 5.75 Å². The Labute approximate surface area is 147 Å². The summed E-state index contributed by atoms with van der Waals surface area (Å²) in [4.78, 5) is 19.5. The highest BCUT2D eigenvalue weighted by Crippen LogP contribution is 2.34. The summed E-state index contributed by atoms with van der Waals surface area (Å²) in [6.07, 6.45) is 2.57. The molecular formula is C19H23N3O3. The van der Waals surface area contributed by atoms with E-state index in [4.69, 9.17) is 9.26 Å². The van der Waals surface area contributed by atoms with Gasteiger partial charge in [-0.2, -0.15) is 4.98 Å². The number of carbonyl (C=O) groups is 1. The normalized spacial score (nSPS) is 22.8. The minimum absolute atomic E-state index is 0.0825. The Bertz CT molecular complexity index is 771. The zero-order valence-corrected chi connectivity index (χ0v) is 14.6. The van der Waals surface area contributed by atoms with Crippen LogP contribution in [0.3, 0.4) is 0 Å². The van der Waals surface area contributed by atoms with Crippen molar-refractivity contribution in [1.82, 2.24) is 15.0 Å². The van der Waals surface area contributed by atoms with E-state index in [1.54, 1.807) is 0 Å². The zero-order valence-electron chi connectivity index (χ0n) is 14.6. The summed E-state index contributed by atoms with van der Waals surface area (Å²) >= 11 is 0. The number of fused-ring (bicyclic) bond motifs is 1. The number of rotatable bonds is 3. The topological polar surface area (TPSA) is 68.5 Å². The molecule has 0 N–H and O–H groups in total. The van der Waals surface area contributed by atoms with E-state index in [0.29, 0.717) is 18.3 Å². The van der Waals surface area contributed by atoms with Crippen LogP contribution in [0, 0.1) is 5.92 Å². The molecule has 1 saturated heterocycles. The van der Waals surface area contributed by atoms with Crippen molar-refractivity contribution in [3.63, 3.8) is 0 Å². The molecule has 0 aliphatic carbocycles. The molecule has 2 aliphatic rings. The summed E-state index contributed by atoms with van der Waals surface area (Å²) in [5.74, 6) is 2.33. The van der Waals surface area contributed by atoms with Crippen LogP contribution in [0.1, 0.15) is 55.9 Å². The van der Waals surface area contributed by atoms with Gasteiger partial charge in [-0.25, -0.2) is 0 Å². The van der Waals surface area contributed by atoms with Crippen molar-refractivity contribution >= 4 is 5.91 Å². The van der Waals surface area contributed by atoms with Crippen molar-refractivity contribution in [2.75, 3.05) is 13.2 Å². The molecule has 0 saturated carbocycles. The largest absolute Gasteiger partial charge is 0.492 e. The van der Waals surface area contributed by atoms with Gasteiger partial charge in [-0.05, 0) is 30.9 Å². The smallest absolute Gasteiger partial charge is 0.230 e. The minimum Gasteiger partial charge on any atom is -0.492 e. The highest BCUT2D eigenvalue weighted by Gasteiger charge is 2.38. The molecule has 132 valence electrons. The lowest BCUT2D eigenvalue weighted by molar-refractivity contribution is -0.138. The second-order valence-corrected chi connectivity index (χ2v) is 7.15. The predicted octanol–water partition coefficient (Wildman–Crippen LogP) is 3.11. The molecule has 0 radical (unpaired) electrons. The summed E-state index contributed by atoms with van der Waals surface area (Å²) in [5, 5.41) is 4.12. The van der Waals surface area contributed by atoms with E-state index in [0.717, 1.165) is 37.1 Å². The third-order valence-electron chi connectivity index (χ3n) is 5.01. The lowest BCUT2D eigenvalue weighted by Crippen LogP contribution is -2.40. The molecule has 0 spiro atoms. The van der Waals surface area contributed by atoms with Crippen LogP contribution in [-0.4, -0.2) is 34.1 Å². The van der Waals surface area contributed by atoms with Crippen molar-refractivity contribution in [1.29, 1.82) is 0 Å². The predicted molar refractivity (Wildman–Crippen MR) is 91.2 cm³/mol. The lowest BCUT2D eigenvalue weighted by atomic mass is 9.95. The highest BCUT2D eigenvalue weighted by atomic mass is 16.5. The molecule has 2 atom stereocenters. The average Bonchev–Trinajstić information content (AvgIpc) is 3.29. The molecular weight excluding hydrogens is 318 g/mol.